The minimum absolute atomic E-state index is 1.75. The van der Waals surface area contributed by atoms with Crippen LogP contribution < -0.4 is 0 Å². The van der Waals surface area contributed by atoms with E-state index in [-0.39, 0.29) is 0 Å². The van der Waals surface area contributed by atoms with Crippen LogP contribution in [0, 0.1) is 0 Å². The SMILES string of the molecule is C=CC.C=CC=CC. The Morgan fingerprint density at radius 2 is 1.50 bits per heavy atom. The van der Waals surface area contributed by atoms with Gasteiger partial charge in [0, 0.05) is 0 Å². The van der Waals surface area contributed by atoms with Crippen molar-refractivity contribution in [3.05, 3.63) is 37.5 Å². The highest BCUT2D eigenvalue weighted by atomic mass is 13.5. The molecule has 0 saturated carbocycles. The average Bonchev–Trinajstić information content (AvgIpc) is 1.71. The van der Waals surface area contributed by atoms with Gasteiger partial charge in [0.15, 0.2) is 0 Å². The molecule has 0 aliphatic heterocycles. The van der Waals surface area contributed by atoms with E-state index in [0.717, 1.165) is 0 Å². The zero-order chi connectivity index (χ0) is 6.83. The van der Waals surface area contributed by atoms with Crippen LogP contribution in [-0.2, 0) is 0 Å². The molecular weight excluding hydrogens is 96.1 g/mol. The van der Waals surface area contributed by atoms with Crippen LogP contribution in [0.4, 0.5) is 0 Å². The number of rotatable bonds is 1. The first-order chi connectivity index (χ1) is 3.83. The summed E-state index contributed by atoms with van der Waals surface area (Å²) >= 11 is 0. The maximum Gasteiger partial charge on any atom is -0.0467 e. The highest BCUT2D eigenvalue weighted by Gasteiger charge is 1.42. The molecule has 0 nitrogen and oxygen atoms in total. The number of hydrogen-bond acceptors (Lipinski definition) is 0. The first kappa shape index (κ1) is 10.3. The van der Waals surface area contributed by atoms with Crippen molar-refractivity contribution >= 4 is 0 Å². The fourth-order valence-electron chi connectivity index (χ4n) is 0.136. The van der Waals surface area contributed by atoms with Crippen LogP contribution in [-0.4, -0.2) is 0 Å². The fraction of sp³-hybridized carbons (Fsp3) is 0.250. The second kappa shape index (κ2) is 16.3. The molecule has 0 aliphatic carbocycles. The van der Waals surface area contributed by atoms with Gasteiger partial charge in [-0.25, -0.2) is 0 Å². The molecule has 0 rings (SSSR count). The Hall–Kier alpha value is -0.780. The van der Waals surface area contributed by atoms with Gasteiger partial charge in [-0.1, -0.05) is 30.9 Å². The van der Waals surface area contributed by atoms with Crippen molar-refractivity contribution in [2.75, 3.05) is 0 Å². The molecule has 46 valence electrons. The van der Waals surface area contributed by atoms with Crippen molar-refractivity contribution in [2.24, 2.45) is 0 Å². The van der Waals surface area contributed by atoms with E-state index < -0.39 is 0 Å². The molecule has 0 radical (unpaired) electrons. The molecule has 0 N–H and O–H groups in total. The predicted molar refractivity (Wildman–Crippen MR) is 40.9 cm³/mol. The Bertz CT molecular complexity index is 68.1. The summed E-state index contributed by atoms with van der Waals surface area (Å²) in [7, 11) is 0. The van der Waals surface area contributed by atoms with Gasteiger partial charge < -0.3 is 0 Å². The largest absolute Gasteiger partial charge is 0.103 e. The summed E-state index contributed by atoms with van der Waals surface area (Å²) in [6.45, 7) is 10.7. The van der Waals surface area contributed by atoms with Gasteiger partial charge in [0.05, 0.1) is 0 Å². The molecule has 0 fully saturated rings. The Labute approximate surface area is 52.2 Å². The third-order valence-corrected chi connectivity index (χ3v) is 0.329. The van der Waals surface area contributed by atoms with E-state index in [1.54, 1.807) is 12.2 Å². The van der Waals surface area contributed by atoms with E-state index in [1.165, 1.54) is 0 Å². The van der Waals surface area contributed by atoms with Crippen LogP contribution in [0.2, 0.25) is 0 Å². The molecule has 0 heterocycles. The van der Waals surface area contributed by atoms with Crippen LogP contribution in [0.15, 0.2) is 37.5 Å². The van der Waals surface area contributed by atoms with Crippen molar-refractivity contribution in [1.29, 1.82) is 0 Å². The lowest BCUT2D eigenvalue weighted by Crippen LogP contribution is -1.33. The Morgan fingerprint density at radius 3 is 1.50 bits per heavy atom. The number of hydrogen-bond donors (Lipinski definition) is 0. The van der Waals surface area contributed by atoms with Gasteiger partial charge in [-0.3, -0.25) is 0 Å². The minimum Gasteiger partial charge on any atom is -0.103 e. The van der Waals surface area contributed by atoms with Crippen LogP contribution in [0.5, 0.6) is 0 Å². The van der Waals surface area contributed by atoms with Gasteiger partial charge >= 0.3 is 0 Å². The van der Waals surface area contributed by atoms with Crippen LogP contribution in [0.25, 0.3) is 0 Å². The summed E-state index contributed by atoms with van der Waals surface area (Å²) < 4.78 is 0. The van der Waals surface area contributed by atoms with Gasteiger partial charge in [0.1, 0.15) is 0 Å². The molecule has 0 saturated heterocycles. The summed E-state index contributed by atoms with van der Waals surface area (Å²) in [4.78, 5) is 0. The molecule has 0 bridgehead atoms. The van der Waals surface area contributed by atoms with Crippen LogP contribution in [0.1, 0.15) is 13.8 Å². The normalized spacial score (nSPS) is 7.25. The summed E-state index contributed by atoms with van der Waals surface area (Å²) in [5, 5.41) is 0. The minimum atomic E-state index is 1.75. The molecular formula is C8H14. The molecule has 0 aliphatic rings. The molecule has 0 atom stereocenters. The van der Waals surface area contributed by atoms with Crippen LogP contribution >= 0.6 is 0 Å². The molecule has 0 spiro atoms. The molecule has 0 heteroatoms. The zero-order valence-electron chi connectivity index (χ0n) is 5.72. The van der Waals surface area contributed by atoms with Gasteiger partial charge in [-0.2, -0.15) is 0 Å². The van der Waals surface area contributed by atoms with E-state index in [1.807, 2.05) is 26.0 Å². The van der Waals surface area contributed by atoms with Crippen molar-refractivity contribution < 1.29 is 0 Å². The van der Waals surface area contributed by atoms with Crippen molar-refractivity contribution in [3.8, 4) is 0 Å². The Morgan fingerprint density at radius 1 is 1.12 bits per heavy atom. The molecule has 0 aromatic rings. The highest BCUT2D eigenvalue weighted by molar-refractivity contribution is 4.94. The summed E-state index contributed by atoms with van der Waals surface area (Å²) in [5.74, 6) is 0. The van der Waals surface area contributed by atoms with Gasteiger partial charge in [0.2, 0.25) is 0 Å². The maximum absolute atomic E-state index is 3.46. The fourth-order valence-corrected chi connectivity index (χ4v) is 0.136. The van der Waals surface area contributed by atoms with Crippen molar-refractivity contribution in [1.82, 2.24) is 0 Å². The standard InChI is InChI=1S/C5H8.C3H6/c1-3-5-4-2;1-3-2/h3-5H,1H2,2H3;3H,1H2,2H3. The van der Waals surface area contributed by atoms with Gasteiger partial charge in [0.25, 0.3) is 0 Å². The lowest BCUT2D eigenvalue weighted by Gasteiger charge is -1.56. The van der Waals surface area contributed by atoms with E-state index in [0.29, 0.717) is 0 Å². The Kier molecular flexibility index (Phi) is 20.9. The molecule has 0 aromatic heterocycles. The average molecular weight is 110 g/mol. The lowest BCUT2D eigenvalue weighted by atomic mass is 10.5. The predicted octanol–water partition coefficient (Wildman–Crippen LogP) is 2.94. The third kappa shape index (κ3) is 62.5. The molecule has 0 unspecified atom stereocenters. The smallest absolute Gasteiger partial charge is 0.0467 e. The summed E-state index contributed by atoms with van der Waals surface area (Å²) in [6, 6.07) is 0. The Balaban J connectivity index is 0. The summed E-state index contributed by atoms with van der Waals surface area (Å²) in [6.07, 6.45) is 7.33. The van der Waals surface area contributed by atoms with E-state index in [2.05, 4.69) is 13.2 Å². The zero-order valence-corrected chi connectivity index (χ0v) is 5.72. The first-order valence-electron chi connectivity index (χ1n) is 2.64. The lowest BCUT2D eigenvalue weighted by molar-refractivity contribution is 1.74. The van der Waals surface area contributed by atoms with Gasteiger partial charge in [-0.05, 0) is 13.8 Å². The van der Waals surface area contributed by atoms with E-state index in [9.17, 15) is 0 Å². The van der Waals surface area contributed by atoms with Crippen molar-refractivity contribution in [3.63, 3.8) is 0 Å². The summed E-state index contributed by atoms with van der Waals surface area (Å²) in [5.41, 5.74) is 0. The monoisotopic (exact) mass is 110 g/mol. The van der Waals surface area contributed by atoms with E-state index in [4.69, 9.17) is 0 Å². The molecule has 0 amide bonds. The highest BCUT2D eigenvalue weighted by Crippen LogP contribution is 1.64. The second-order valence-corrected chi connectivity index (χ2v) is 1.17. The molecule has 0 aromatic carbocycles. The van der Waals surface area contributed by atoms with E-state index >= 15 is 0 Å². The third-order valence-electron chi connectivity index (χ3n) is 0.329. The first-order valence-corrected chi connectivity index (χ1v) is 2.64. The van der Waals surface area contributed by atoms with Crippen molar-refractivity contribution in [2.45, 2.75) is 13.8 Å². The quantitative estimate of drug-likeness (QED) is 0.359. The van der Waals surface area contributed by atoms with Crippen LogP contribution in [0.3, 0.4) is 0 Å². The van der Waals surface area contributed by atoms with Gasteiger partial charge in [-0.15, -0.1) is 6.58 Å². The second-order valence-electron chi connectivity index (χ2n) is 1.17. The maximum atomic E-state index is 3.46. The molecule has 8 heavy (non-hydrogen) atoms. The topological polar surface area (TPSA) is 0 Å². The number of allylic oxidation sites excluding steroid dienone is 4.